The third kappa shape index (κ3) is 2.85. The minimum absolute atomic E-state index is 0.204. The Morgan fingerprint density at radius 2 is 2.05 bits per heavy atom. The van der Waals surface area contributed by atoms with Crippen LogP contribution in [0.5, 0.6) is 0 Å². The lowest BCUT2D eigenvalue weighted by Gasteiger charge is -2.11. The van der Waals surface area contributed by atoms with Gasteiger partial charge < -0.3 is 5.32 Å². The lowest BCUT2D eigenvalue weighted by atomic mass is 10.1. The van der Waals surface area contributed by atoms with Gasteiger partial charge in [-0.1, -0.05) is 29.8 Å². The van der Waals surface area contributed by atoms with Gasteiger partial charge in [-0.2, -0.15) is 0 Å². The van der Waals surface area contributed by atoms with Crippen LogP contribution >= 0.6 is 11.6 Å². The van der Waals surface area contributed by atoms with Gasteiger partial charge in [-0.3, -0.25) is 0 Å². The molecule has 0 bridgehead atoms. The number of benzene rings is 1. The molecule has 0 unspecified atom stereocenters. The van der Waals surface area contributed by atoms with E-state index in [1.54, 1.807) is 38.2 Å². The fourth-order valence-electron chi connectivity index (χ4n) is 2.28. The van der Waals surface area contributed by atoms with Crippen LogP contribution in [0.1, 0.15) is 17.0 Å². The van der Waals surface area contributed by atoms with Gasteiger partial charge in [0, 0.05) is 17.5 Å². The SMILES string of the molecule is Cc1nc(NCc2cccc(C)c2F)c2cc(Cl)ncc2n1. The molecule has 0 saturated heterocycles. The van der Waals surface area contributed by atoms with Crippen molar-refractivity contribution in [3.8, 4) is 0 Å². The fourth-order valence-corrected chi connectivity index (χ4v) is 2.44. The third-order valence-corrected chi connectivity index (χ3v) is 3.59. The first-order valence-electron chi connectivity index (χ1n) is 6.82. The van der Waals surface area contributed by atoms with Crippen molar-refractivity contribution in [3.05, 3.63) is 58.4 Å². The summed E-state index contributed by atoms with van der Waals surface area (Å²) in [4.78, 5) is 12.7. The predicted molar refractivity (Wildman–Crippen MR) is 85.5 cm³/mol. The number of fused-ring (bicyclic) bond motifs is 1. The average molecular weight is 317 g/mol. The topological polar surface area (TPSA) is 50.7 Å². The Labute approximate surface area is 132 Å². The van der Waals surface area contributed by atoms with E-state index in [-0.39, 0.29) is 5.82 Å². The summed E-state index contributed by atoms with van der Waals surface area (Å²) < 4.78 is 14.1. The first-order chi connectivity index (χ1) is 10.5. The van der Waals surface area contributed by atoms with Gasteiger partial charge in [0.05, 0.1) is 11.7 Å². The number of rotatable bonds is 3. The van der Waals surface area contributed by atoms with Crippen LogP contribution in [0.2, 0.25) is 5.15 Å². The number of anilines is 1. The molecule has 0 amide bonds. The Bertz CT molecular complexity index is 851. The largest absolute Gasteiger partial charge is 0.365 e. The summed E-state index contributed by atoms with van der Waals surface area (Å²) in [5, 5.41) is 4.29. The maximum absolute atomic E-state index is 14.1. The summed E-state index contributed by atoms with van der Waals surface area (Å²) in [7, 11) is 0. The fraction of sp³-hybridized carbons (Fsp3) is 0.188. The highest BCUT2D eigenvalue weighted by Crippen LogP contribution is 2.23. The van der Waals surface area contributed by atoms with Gasteiger partial charge in [-0.15, -0.1) is 0 Å². The molecule has 0 aliphatic carbocycles. The molecule has 0 aliphatic rings. The maximum Gasteiger partial charge on any atom is 0.138 e. The van der Waals surface area contributed by atoms with Crippen LogP contribution in [0, 0.1) is 19.7 Å². The monoisotopic (exact) mass is 316 g/mol. The zero-order valence-electron chi connectivity index (χ0n) is 12.2. The number of halogens is 2. The van der Waals surface area contributed by atoms with E-state index in [2.05, 4.69) is 20.3 Å². The van der Waals surface area contributed by atoms with E-state index < -0.39 is 0 Å². The minimum Gasteiger partial charge on any atom is -0.365 e. The van der Waals surface area contributed by atoms with E-state index in [9.17, 15) is 4.39 Å². The van der Waals surface area contributed by atoms with Gasteiger partial charge in [0.25, 0.3) is 0 Å². The average Bonchev–Trinajstić information content (AvgIpc) is 2.49. The molecular weight excluding hydrogens is 303 g/mol. The summed E-state index contributed by atoms with van der Waals surface area (Å²) >= 11 is 5.94. The molecule has 4 nitrogen and oxygen atoms in total. The number of hydrogen-bond acceptors (Lipinski definition) is 4. The van der Waals surface area contributed by atoms with Crippen molar-refractivity contribution in [2.75, 3.05) is 5.32 Å². The Morgan fingerprint density at radius 3 is 2.86 bits per heavy atom. The van der Waals surface area contributed by atoms with Crippen molar-refractivity contribution in [2.24, 2.45) is 0 Å². The molecule has 2 heterocycles. The van der Waals surface area contributed by atoms with Crippen molar-refractivity contribution < 1.29 is 4.39 Å². The number of aromatic nitrogens is 3. The Morgan fingerprint density at radius 1 is 1.23 bits per heavy atom. The molecule has 0 atom stereocenters. The first kappa shape index (κ1) is 14.7. The van der Waals surface area contributed by atoms with E-state index >= 15 is 0 Å². The standard InChI is InChI=1S/C16H14ClFN4/c1-9-4-3-5-11(15(9)18)7-20-16-12-6-14(17)19-8-13(12)21-10(2)22-16/h3-6,8H,7H2,1-2H3,(H,20,21,22). The van der Waals surface area contributed by atoms with E-state index in [0.29, 0.717) is 40.0 Å². The number of nitrogens with one attached hydrogen (secondary N) is 1. The van der Waals surface area contributed by atoms with Crippen LogP contribution in [0.25, 0.3) is 10.9 Å². The molecular formula is C16H14ClFN4. The molecule has 2 aromatic heterocycles. The van der Waals surface area contributed by atoms with Crippen LogP contribution in [-0.2, 0) is 6.54 Å². The molecule has 3 aromatic rings. The number of nitrogens with zero attached hydrogens (tertiary/aromatic N) is 3. The van der Waals surface area contributed by atoms with Gasteiger partial charge >= 0.3 is 0 Å². The van der Waals surface area contributed by atoms with Gasteiger partial charge in [0.15, 0.2) is 0 Å². The van der Waals surface area contributed by atoms with E-state index in [1.807, 2.05) is 6.07 Å². The molecule has 0 saturated carbocycles. The van der Waals surface area contributed by atoms with Crippen molar-refractivity contribution in [1.29, 1.82) is 0 Å². The zero-order valence-corrected chi connectivity index (χ0v) is 12.9. The molecule has 0 fully saturated rings. The lowest BCUT2D eigenvalue weighted by molar-refractivity contribution is 0.603. The molecule has 112 valence electrons. The second kappa shape index (κ2) is 5.85. The second-order valence-electron chi connectivity index (χ2n) is 5.05. The van der Waals surface area contributed by atoms with Crippen LogP contribution < -0.4 is 5.32 Å². The second-order valence-corrected chi connectivity index (χ2v) is 5.43. The number of pyridine rings is 1. The summed E-state index contributed by atoms with van der Waals surface area (Å²) in [6.45, 7) is 3.87. The van der Waals surface area contributed by atoms with Crippen LogP contribution in [0.15, 0.2) is 30.5 Å². The third-order valence-electron chi connectivity index (χ3n) is 3.38. The number of aryl methyl sites for hydroxylation is 2. The molecule has 1 N–H and O–H groups in total. The summed E-state index contributed by atoms with van der Waals surface area (Å²) in [6.07, 6.45) is 1.60. The van der Waals surface area contributed by atoms with Gasteiger partial charge in [-0.25, -0.2) is 19.3 Å². The highest BCUT2D eigenvalue weighted by atomic mass is 35.5. The molecule has 0 radical (unpaired) electrons. The van der Waals surface area contributed by atoms with Gasteiger partial charge in [0.2, 0.25) is 0 Å². The van der Waals surface area contributed by atoms with Crippen LogP contribution in [-0.4, -0.2) is 15.0 Å². The molecule has 0 aliphatic heterocycles. The summed E-state index contributed by atoms with van der Waals surface area (Å²) in [5.41, 5.74) is 1.91. The quantitative estimate of drug-likeness (QED) is 0.741. The van der Waals surface area contributed by atoms with E-state index in [1.165, 1.54) is 0 Å². The molecule has 22 heavy (non-hydrogen) atoms. The molecule has 3 rings (SSSR count). The first-order valence-corrected chi connectivity index (χ1v) is 7.20. The summed E-state index contributed by atoms with van der Waals surface area (Å²) in [6, 6.07) is 7.03. The Hall–Kier alpha value is -2.27. The normalized spacial score (nSPS) is 10.9. The Kier molecular flexibility index (Phi) is 3.90. The maximum atomic E-state index is 14.1. The van der Waals surface area contributed by atoms with E-state index in [4.69, 9.17) is 11.6 Å². The highest BCUT2D eigenvalue weighted by Gasteiger charge is 2.09. The van der Waals surface area contributed by atoms with Crippen molar-refractivity contribution in [3.63, 3.8) is 0 Å². The van der Waals surface area contributed by atoms with Crippen molar-refractivity contribution in [2.45, 2.75) is 20.4 Å². The molecule has 6 heteroatoms. The van der Waals surface area contributed by atoms with Gasteiger partial charge in [-0.05, 0) is 25.5 Å². The van der Waals surface area contributed by atoms with Crippen LogP contribution in [0.4, 0.5) is 10.2 Å². The predicted octanol–water partition coefficient (Wildman–Crippen LogP) is 4.05. The summed E-state index contributed by atoms with van der Waals surface area (Å²) in [5.74, 6) is 1.03. The zero-order chi connectivity index (χ0) is 15.7. The minimum atomic E-state index is -0.204. The van der Waals surface area contributed by atoms with Crippen molar-refractivity contribution >= 4 is 28.3 Å². The van der Waals surface area contributed by atoms with Crippen LogP contribution in [0.3, 0.4) is 0 Å². The lowest BCUT2D eigenvalue weighted by Crippen LogP contribution is -2.06. The van der Waals surface area contributed by atoms with Gasteiger partial charge in [0.1, 0.15) is 22.6 Å². The van der Waals surface area contributed by atoms with Crippen molar-refractivity contribution in [1.82, 2.24) is 15.0 Å². The molecule has 0 spiro atoms. The Balaban J connectivity index is 1.96. The smallest absolute Gasteiger partial charge is 0.138 e. The molecule has 1 aromatic carbocycles. The highest BCUT2D eigenvalue weighted by molar-refractivity contribution is 6.30. The number of hydrogen-bond donors (Lipinski definition) is 1. The van der Waals surface area contributed by atoms with E-state index in [0.717, 1.165) is 5.39 Å².